The molecule has 292 valence electrons. The molecule has 2 aromatic carbocycles. The van der Waals surface area contributed by atoms with Gasteiger partial charge in [0.15, 0.2) is 2.74 Å². The zero-order chi connectivity index (χ0) is 41.7. The van der Waals surface area contributed by atoms with E-state index in [-0.39, 0.29) is 74.6 Å². The molecular formula is C31H39N3O19. The number of carbonyl (C=O) groups is 3. The van der Waals surface area contributed by atoms with Crippen LogP contribution in [-0.2, 0) is 65.7 Å². The lowest BCUT2D eigenvalue weighted by Gasteiger charge is -2.35. The number of hydrogen-bond donors (Lipinski definition) is 9. The zero-order valence-electron chi connectivity index (χ0n) is 29.5. The first-order valence-corrected chi connectivity index (χ1v) is 14.9. The van der Waals surface area contributed by atoms with Crippen LogP contribution < -0.4 is 26.3 Å². The Morgan fingerprint density at radius 1 is 0.792 bits per heavy atom. The highest BCUT2D eigenvalue weighted by molar-refractivity contribution is 5.92. The van der Waals surface area contributed by atoms with Crippen LogP contribution in [0.3, 0.4) is 0 Å². The smallest absolute Gasteiger partial charge is 0.373 e. The highest BCUT2D eigenvalue weighted by Crippen LogP contribution is 2.30. The summed E-state index contributed by atoms with van der Waals surface area (Å²) in [5.41, 5.74) is 12.6. The number of hydrogen-bond acceptors (Lipinski definition) is 21. The molecule has 0 aromatic heterocycles. The van der Waals surface area contributed by atoms with Gasteiger partial charge in [0.2, 0.25) is 18.5 Å². The first kappa shape index (κ1) is 42.1. The Balaban J connectivity index is 0.000000488. The SMILES string of the molecule is O=C=O.O=C=O.[2H]C(=O)OCc1ccc(O[C@@H]2OC[C@@H](O)[C@H](O)[C@H]2O)c(N)c1.[2H]C(=O)OCc1ccc(O[C@@H]2OC[C@@H](O)[C@H](O)[C@H]2O)c(NC(=O)CCN)c1. The van der Waals surface area contributed by atoms with Crippen LogP contribution in [0.1, 0.15) is 20.3 Å². The maximum absolute atomic E-state index is 11.9. The van der Waals surface area contributed by atoms with Gasteiger partial charge in [0.05, 0.1) is 24.6 Å². The predicted molar refractivity (Wildman–Crippen MR) is 168 cm³/mol. The van der Waals surface area contributed by atoms with Gasteiger partial charge >= 0.3 is 12.3 Å². The summed E-state index contributed by atoms with van der Waals surface area (Å²) in [5, 5.41) is 60.5. The number of nitrogens with two attached hydrogens (primary N) is 2. The Morgan fingerprint density at radius 3 is 1.66 bits per heavy atom. The molecule has 2 fully saturated rings. The molecule has 2 saturated heterocycles. The Hall–Kier alpha value is -5.35. The third-order valence-electron chi connectivity index (χ3n) is 6.75. The monoisotopic (exact) mass is 759 g/mol. The van der Waals surface area contributed by atoms with E-state index in [1.54, 1.807) is 6.07 Å². The van der Waals surface area contributed by atoms with E-state index in [4.69, 9.17) is 52.3 Å². The van der Waals surface area contributed by atoms with Gasteiger partial charge in [-0.25, -0.2) is 0 Å². The minimum Gasteiger partial charge on any atom is -0.463 e. The molecule has 0 bridgehead atoms. The lowest BCUT2D eigenvalue weighted by molar-refractivity contribution is -0.241. The summed E-state index contributed by atoms with van der Waals surface area (Å²) in [6, 6.07) is 8.97. The van der Waals surface area contributed by atoms with Crippen LogP contribution in [0.4, 0.5) is 11.4 Å². The first-order valence-electron chi connectivity index (χ1n) is 15.9. The molecule has 0 unspecified atom stereocenters. The molecule has 0 spiro atoms. The average Bonchev–Trinajstić information content (AvgIpc) is 3.13. The van der Waals surface area contributed by atoms with E-state index in [0.29, 0.717) is 11.1 Å². The molecule has 2 heterocycles. The number of rotatable bonds is 11. The largest absolute Gasteiger partial charge is 0.463 e. The highest BCUT2D eigenvalue weighted by atomic mass is 16.7. The minimum absolute atomic E-state index is 0.0544. The van der Waals surface area contributed by atoms with E-state index in [9.17, 15) is 45.0 Å². The molecule has 0 radical (unpaired) electrons. The van der Waals surface area contributed by atoms with E-state index < -0.39 is 68.0 Å². The Labute approximate surface area is 302 Å². The fourth-order valence-corrected chi connectivity index (χ4v) is 4.25. The van der Waals surface area contributed by atoms with E-state index in [1.165, 1.54) is 30.3 Å². The predicted octanol–water partition coefficient (Wildman–Crippen LogP) is -3.94. The molecule has 0 saturated carbocycles. The third-order valence-corrected chi connectivity index (χ3v) is 6.75. The molecule has 0 aliphatic carbocycles. The van der Waals surface area contributed by atoms with Crippen molar-refractivity contribution in [3.05, 3.63) is 47.5 Å². The van der Waals surface area contributed by atoms with Gasteiger partial charge in [-0.15, -0.1) is 0 Å². The maximum atomic E-state index is 11.9. The first-order chi connectivity index (χ1) is 26.0. The minimum atomic E-state index is -1.51. The normalized spacial score (nSPS) is 24.7. The summed E-state index contributed by atoms with van der Waals surface area (Å²) in [5.74, 6) is -0.0693. The molecule has 53 heavy (non-hydrogen) atoms. The van der Waals surface area contributed by atoms with Crippen molar-refractivity contribution in [1.82, 2.24) is 0 Å². The number of aliphatic hydroxyl groups excluding tert-OH is 6. The Kier molecular flexibility index (Phi) is 19.7. The second-order valence-corrected chi connectivity index (χ2v) is 10.4. The number of nitrogen functional groups attached to an aromatic ring is 1. The molecule has 2 aliphatic heterocycles. The maximum Gasteiger partial charge on any atom is 0.373 e. The molecule has 4 rings (SSSR count). The van der Waals surface area contributed by atoms with Gasteiger partial charge in [-0.1, -0.05) is 12.1 Å². The van der Waals surface area contributed by atoms with Crippen LogP contribution in [0.5, 0.6) is 11.5 Å². The highest BCUT2D eigenvalue weighted by Gasteiger charge is 2.40. The molecule has 22 heteroatoms. The quantitative estimate of drug-likeness (QED) is 0.0779. The summed E-state index contributed by atoms with van der Waals surface area (Å²) >= 11 is 0. The summed E-state index contributed by atoms with van der Waals surface area (Å²) < 4.78 is 43.7. The second-order valence-electron chi connectivity index (χ2n) is 10.4. The van der Waals surface area contributed by atoms with Gasteiger partial charge in [-0.2, -0.15) is 19.2 Å². The zero-order valence-corrected chi connectivity index (χ0v) is 27.5. The van der Waals surface area contributed by atoms with Crippen LogP contribution in [0.15, 0.2) is 36.4 Å². The van der Waals surface area contributed by atoms with Crippen molar-refractivity contribution in [2.75, 3.05) is 30.8 Å². The number of amides is 1. The van der Waals surface area contributed by atoms with Crippen LogP contribution in [0.2, 0.25) is 0 Å². The van der Waals surface area contributed by atoms with Gasteiger partial charge in [0, 0.05) is 13.0 Å². The molecule has 2 aromatic rings. The van der Waals surface area contributed by atoms with Gasteiger partial charge < -0.3 is 75.8 Å². The van der Waals surface area contributed by atoms with E-state index >= 15 is 0 Å². The molecule has 1 amide bonds. The molecule has 11 N–H and O–H groups in total. The van der Waals surface area contributed by atoms with E-state index in [1.807, 2.05) is 0 Å². The molecule has 2 aliphatic rings. The topological polar surface area (TPSA) is 360 Å². The van der Waals surface area contributed by atoms with Crippen LogP contribution in [0, 0.1) is 0 Å². The number of benzene rings is 2. The van der Waals surface area contributed by atoms with Crippen molar-refractivity contribution in [2.24, 2.45) is 5.73 Å². The molecular weight excluding hydrogens is 718 g/mol. The lowest BCUT2D eigenvalue weighted by Crippen LogP contribution is -2.54. The molecule has 22 nitrogen and oxygen atoms in total. The Bertz CT molecular complexity index is 1600. The van der Waals surface area contributed by atoms with Crippen LogP contribution >= 0.6 is 0 Å². The van der Waals surface area contributed by atoms with Crippen LogP contribution in [-0.4, -0.2) is 131 Å². The van der Waals surface area contributed by atoms with Gasteiger partial charge in [-0.3, -0.25) is 14.4 Å². The van der Waals surface area contributed by atoms with E-state index in [0.717, 1.165) is 0 Å². The van der Waals surface area contributed by atoms with Crippen LogP contribution in [0.25, 0.3) is 0 Å². The number of ether oxygens (including phenoxy) is 6. The van der Waals surface area contributed by atoms with Gasteiger partial charge in [0.1, 0.15) is 61.3 Å². The Morgan fingerprint density at radius 2 is 1.23 bits per heavy atom. The average molecular weight is 760 g/mol. The van der Waals surface area contributed by atoms with Crippen molar-refractivity contribution in [3.63, 3.8) is 0 Å². The fraction of sp³-hybridized carbons (Fsp3) is 0.452. The summed E-state index contributed by atoms with van der Waals surface area (Å²) in [6.07, 6.45) is -12.4. The van der Waals surface area contributed by atoms with Crippen molar-refractivity contribution in [3.8, 4) is 11.5 Å². The van der Waals surface area contributed by atoms with Crippen molar-refractivity contribution >= 4 is 42.5 Å². The second kappa shape index (κ2) is 24.8. The van der Waals surface area contributed by atoms with Crippen molar-refractivity contribution < 1.29 is 95.4 Å². The third kappa shape index (κ3) is 15.4. The van der Waals surface area contributed by atoms with Crippen molar-refractivity contribution in [2.45, 2.75) is 68.8 Å². The number of carbonyl (C=O) groups excluding carboxylic acids is 7. The van der Waals surface area contributed by atoms with Crippen molar-refractivity contribution in [1.29, 1.82) is 0 Å². The lowest BCUT2D eigenvalue weighted by atomic mass is 10.1. The number of anilines is 2. The summed E-state index contributed by atoms with van der Waals surface area (Å²) in [6.45, 7) is -0.571. The van der Waals surface area contributed by atoms with Gasteiger partial charge in [-0.05, 0) is 35.4 Å². The summed E-state index contributed by atoms with van der Waals surface area (Å²) in [4.78, 5) is 65.4. The number of aliphatic hydroxyl groups is 6. The standard InChI is InChI=1S/C16H22N2O8.C13H17NO7.2CO2/c17-4-3-13(21)18-10-5-9(6-24-8-19)1-2-12(10)26-16-15(23)14(22)11(20)7-25-16;14-8-3-7(4-19-6-15)1-2-10(8)21-13-12(18)11(17)9(16)5-20-13;2*2-1-3/h1-2,5,8,11,14-16,20,22-23H,3-4,6-7,17H2,(H,18,21);1-3,6,9,11-13,16-18H,4-5,14H2;;/t11-,14+,15-,16+;9-,11+,12-,13+;;/m11../s1/i8D;6D;;. The summed E-state index contributed by atoms with van der Waals surface area (Å²) in [7, 11) is 0. The fourth-order valence-electron chi connectivity index (χ4n) is 4.25. The number of nitrogens with one attached hydrogen (secondary N) is 1. The molecule has 8 atom stereocenters. The van der Waals surface area contributed by atoms with E-state index in [2.05, 4.69) is 14.8 Å². The van der Waals surface area contributed by atoms with Gasteiger partial charge in [0.25, 0.3) is 12.9 Å².